The third kappa shape index (κ3) is 2.63. The average Bonchev–Trinajstić information content (AvgIpc) is 2.91. The first-order chi connectivity index (χ1) is 11.6. The maximum Gasteiger partial charge on any atom is 0.316 e. The number of benzene rings is 2. The lowest BCUT2D eigenvalue weighted by Gasteiger charge is -2.24. The van der Waals surface area contributed by atoms with Crippen molar-refractivity contribution in [2.45, 2.75) is 19.1 Å². The second kappa shape index (κ2) is 6.10. The number of amidine groups is 1. The summed E-state index contributed by atoms with van der Waals surface area (Å²) in [4.78, 5) is 2.21. The van der Waals surface area contributed by atoms with Gasteiger partial charge in [-0.3, -0.25) is 0 Å². The van der Waals surface area contributed by atoms with Crippen LogP contribution in [0.15, 0.2) is 48.5 Å². The van der Waals surface area contributed by atoms with Crippen LogP contribution in [0, 0.1) is 6.92 Å². The van der Waals surface area contributed by atoms with Crippen LogP contribution in [-0.2, 0) is 5.72 Å². The van der Waals surface area contributed by atoms with Crippen LogP contribution >= 0.6 is 23.4 Å². The molecule has 124 valence electrons. The Balaban J connectivity index is 1.78. The number of β-amino-alcohol motifs (C(OH)–C–C–N with tert-alkyl or cyclic N) is 1. The maximum absolute atomic E-state index is 11.6. The van der Waals surface area contributed by atoms with Gasteiger partial charge in [0.1, 0.15) is 5.69 Å². The van der Waals surface area contributed by atoms with Gasteiger partial charge in [-0.15, -0.1) is 0 Å². The molecule has 0 bridgehead atoms. The van der Waals surface area contributed by atoms with Gasteiger partial charge in [0.25, 0.3) is 5.72 Å². The molecule has 24 heavy (non-hydrogen) atoms. The first kappa shape index (κ1) is 16.0. The highest BCUT2D eigenvalue weighted by Gasteiger charge is 2.53. The zero-order chi connectivity index (χ0) is 16.7. The fraction of sp³-hybridized carbons (Fsp3) is 0.316. The molecule has 4 rings (SSSR count). The summed E-state index contributed by atoms with van der Waals surface area (Å²) in [5.74, 6) is 1.08. The monoisotopic (exact) mass is 359 g/mol. The molecule has 0 saturated carbocycles. The van der Waals surface area contributed by atoms with Crippen LogP contribution in [-0.4, -0.2) is 33.7 Å². The van der Waals surface area contributed by atoms with Crippen molar-refractivity contribution in [3.8, 4) is 0 Å². The third-order valence-electron chi connectivity index (χ3n) is 4.70. The molecule has 3 nitrogen and oxygen atoms in total. The number of thioether (sulfide) groups is 1. The van der Waals surface area contributed by atoms with Crippen LogP contribution in [0.1, 0.15) is 17.5 Å². The van der Waals surface area contributed by atoms with Crippen molar-refractivity contribution in [2.24, 2.45) is 0 Å². The van der Waals surface area contributed by atoms with Crippen LogP contribution in [0.3, 0.4) is 0 Å². The zero-order valence-electron chi connectivity index (χ0n) is 13.6. The molecule has 1 unspecified atom stereocenters. The molecule has 2 aliphatic heterocycles. The summed E-state index contributed by atoms with van der Waals surface area (Å²) in [6, 6.07) is 16.0. The van der Waals surface area contributed by atoms with E-state index >= 15 is 0 Å². The summed E-state index contributed by atoms with van der Waals surface area (Å²) in [5.41, 5.74) is 2.23. The Bertz CT molecular complexity index is 788. The molecule has 5 heteroatoms. The van der Waals surface area contributed by atoms with Gasteiger partial charge in [0.2, 0.25) is 0 Å². The highest BCUT2D eigenvalue weighted by Crippen LogP contribution is 2.37. The highest BCUT2D eigenvalue weighted by atomic mass is 35.5. The summed E-state index contributed by atoms with van der Waals surface area (Å²) in [5, 5.41) is 13.4. The van der Waals surface area contributed by atoms with E-state index in [0.717, 1.165) is 40.2 Å². The van der Waals surface area contributed by atoms with E-state index in [9.17, 15) is 5.11 Å². The molecule has 1 atom stereocenters. The number of halogens is 1. The number of hydrogen-bond acceptors (Lipinski definition) is 3. The summed E-state index contributed by atoms with van der Waals surface area (Å²) < 4.78 is 2.15. The van der Waals surface area contributed by atoms with Gasteiger partial charge in [-0.05, 0) is 49.4 Å². The lowest BCUT2D eigenvalue weighted by molar-refractivity contribution is -0.656. The van der Waals surface area contributed by atoms with Crippen LogP contribution in [0.5, 0.6) is 0 Å². The van der Waals surface area contributed by atoms with Gasteiger partial charge in [-0.2, -0.15) is 0 Å². The van der Waals surface area contributed by atoms with Crippen molar-refractivity contribution in [1.82, 2.24) is 0 Å². The number of rotatable bonds is 2. The molecule has 2 aromatic rings. The van der Waals surface area contributed by atoms with Gasteiger partial charge in [0, 0.05) is 16.3 Å². The molecule has 1 N–H and O–H groups in total. The molecular weight excluding hydrogens is 340 g/mol. The summed E-state index contributed by atoms with van der Waals surface area (Å²) in [7, 11) is 0. The molecule has 2 aliphatic rings. The Morgan fingerprint density at radius 1 is 1.12 bits per heavy atom. The topological polar surface area (TPSA) is 26.5 Å². The van der Waals surface area contributed by atoms with E-state index in [4.69, 9.17) is 11.6 Å². The van der Waals surface area contributed by atoms with E-state index in [1.807, 2.05) is 48.2 Å². The van der Waals surface area contributed by atoms with Gasteiger partial charge in [-0.25, -0.2) is 9.48 Å². The van der Waals surface area contributed by atoms with Crippen LogP contribution in [0.2, 0.25) is 5.02 Å². The molecule has 0 radical (unpaired) electrons. The van der Waals surface area contributed by atoms with E-state index in [1.165, 1.54) is 5.56 Å². The molecule has 2 heterocycles. The Kier molecular flexibility index (Phi) is 4.07. The van der Waals surface area contributed by atoms with Gasteiger partial charge in [0.05, 0.1) is 6.54 Å². The van der Waals surface area contributed by atoms with E-state index in [2.05, 4.69) is 28.5 Å². The van der Waals surface area contributed by atoms with E-state index in [1.54, 1.807) is 0 Å². The van der Waals surface area contributed by atoms with Crippen molar-refractivity contribution in [3.05, 3.63) is 64.7 Å². The van der Waals surface area contributed by atoms with Crippen LogP contribution in [0.4, 0.5) is 5.69 Å². The first-order valence-corrected chi connectivity index (χ1v) is 9.54. The number of hydrogen-bond donors (Lipinski definition) is 1. The Morgan fingerprint density at radius 3 is 2.54 bits per heavy atom. The molecule has 0 aliphatic carbocycles. The highest BCUT2D eigenvalue weighted by molar-refractivity contribution is 8.13. The predicted octanol–water partition coefficient (Wildman–Crippen LogP) is 3.82. The van der Waals surface area contributed by atoms with E-state index in [0.29, 0.717) is 6.54 Å². The SMILES string of the molecule is Cc1ccc(C2(O)CN(c3ccc(Cl)cc3)C3=[N+]2CCCS3)cc1. The number of aliphatic hydroxyl groups is 1. The van der Waals surface area contributed by atoms with Crippen molar-refractivity contribution in [3.63, 3.8) is 0 Å². The second-order valence-corrected chi connectivity index (χ2v) is 7.88. The van der Waals surface area contributed by atoms with Crippen LogP contribution < -0.4 is 4.90 Å². The largest absolute Gasteiger partial charge is 0.346 e. The summed E-state index contributed by atoms with van der Waals surface area (Å²) >= 11 is 7.85. The molecular formula is C19H20ClN2OS+. The van der Waals surface area contributed by atoms with Crippen molar-refractivity contribution in [2.75, 3.05) is 23.7 Å². The van der Waals surface area contributed by atoms with Crippen molar-refractivity contribution < 1.29 is 9.68 Å². The Labute approximate surface area is 151 Å². The summed E-state index contributed by atoms with van der Waals surface area (Å²) in [6.07, 6.45) is 1.08. The second-order valence-electron chi connectivity index (χ2n) is 6.38. The Hall–Kier alpha value is -1.49. The van der Waals surface area contributed by atoms with Gasteiger partial charge in [0.15, 0.2) is 6.54 Å². The third-order valence-corrected chi connectivity index (χ3v) is 6.14. The Morgan fingerprint density at radius 2 is 1.83 bits per heavy atom. The predicted molar refractivity (Wildman–Crippen MR) is 101 cm³/mol. The minimum atomic E-state index is -0.990. The lowest BCUT2D eigenvalue weighted by atomic mass is 10.0. The van der Waals surface area contributed by atoms with Gasteiger partial charge < -0.3 is 5.11 Å². The van der Waals surface area contributed by atoms with Gasteiger partial charge in [-0.1, -0.05) is 41.4 Å². The smallest absolute Gasteiger partial charge is 0.316 e. The lowest BCUT2D eigenvalue weighted by Crippen LogP contribution is -2.41. The van der Waals surface area contributed by atoms with E-state index in [-0.39, 0.29) is 0 Å². The molecule has 0 spiro atoms. The molecule has 0 amide bonds. The average molecular weight is 360 g/mol. The number of aryl methyl sites for hydroxylation is 1. The first-order valence-electron chi connectivity index (χ1n) is 8.18. The quantitative estimate of drug-likeness (QED) is 0.826. The molecule has 0 aromatic heterocycles. The summed E-state index contributed by atoms with van der Waals surface area (Å²) in [6.45, 7) is 3.47. The molecule has 0 fully saturated rings. The minimum absolute atomic E-state index is 0.528. The van der Waals surface area contributed by atoms with E-state index < -0.39 is 5.72 Å². The molecule has 2 aromatic carbocycles. The van der Waals surface area contributed by atoms with Crippen molar-refractivity contribution in [1.29, 1.82) is 0 Å². The zero-order valence-corrected chi connectivity index (χ0v) is 15.1. The fourth-order valence-corrected chi connectivity index (χ4v) is 4.70. The minimum Gasteiger partial charge on any atom is -0.346 e. The maximum atomic E-state index is 11.6. The molecule has 0 saturated heterocycles. The van der Waals surface area contributed by atoms with Gasteiger partial charge >= 0.3 is 5.17 Å². The van der Waals surface area contributed by atoms with Crippen molar-refractivity contribution >= 4 is 34.2 Å². The normalized spacial score (nSPS) is 23.5. The standard InChI is InChI=1S/C19H20ClN2OS/c1-14-3-5-15(6-4-14)19(23)13-21(17-9-7-16(20)8-10-17)18-22(19)11-2-12-24-18/h3-10,23H,2,11-13H2,1H3/q+1. The fourth-order valence-electron chi connectivity index (χ4n) is 3.39. The number of nitrogens with zero attached hydrogens (tertiary/aromatic N) is 2. The number of anilines is 1. The van der Waals surface area contributed by atoms with Crippen LogP contribution in [0.25, 0.3) is 0 Å².